The molecule has 0 aliphatic rings. The molecule has 0 saturated heterocycles. The maximum Gasteiger partial charge on any atom is 0.293 e. The van der Waals surface area contributed by atoms with Gasteiger partial charge in [0.25, 0.3) is 6.47 Å². The van der Waals surface area contributed by atoms with E-state index in [2.05, 4.69) is 4.74 Å². The molecule has 1 aromatic rings. The van der Waals surface area contributed by atoms with Gasteiger partial charge in [0.2, 0.25) is 0 Å². The maximum absolute atomic E-state index is 12.5. The van der Waals surface area contributed by atoms with E-state index in [0.717, 1.165) is 5.56 Å². The average molecular weight is 326 g/mol. The summed E-state index contributed by atoms with van der Waals surface area (Å²) in [5, 5.41) is 0. The van der Waals surface area contributed by atoms with E-state index in [4.69, 9.17) is 0 Å². The minimum atomic E-state index is -1.02. The Balaban J connectivity index is 0. The summed E-state index contributed by atoms with van der Waals surface area (Å²) in [6.45, 7) is 11.3. The Bertz CT molecular complexity index is 408. The van der Waals surface area contributed by atoms with Gasteiger partial charge >= 0.3 is 0 Å². The summed E-state index contributed by atoms with van der Waals surface area (Å²) in [6, 6.07) is 9.78. The molecule has 0 fully saturated rings. The molecule has 0 aliphatic carbocycles. The maximum atomic E-state index is 12.5. The summed E-state index contributed by atoms with van der Waals surface area (Å²) in [7, 11) is 0. The molecule has 0 spiro atoms. The monoisotopic (exact) mass is 326 g/mol. The fourth-order valence-corrected chi connectivity index (χ4v) is 1.49. The van der Waals surface area contributed by atoms with Gasteiger partial charge in [0, 0.05) is 12.8 Å². The van der Waals surface area contributed by atoms with Crippen molar-refractivity contribution in [1.29, 1.82) is 0 Å². The predicted molar refractivity (Wildman–Crippen MR) is 93.2 cm³/mol. The lowest BCUT2D eigenvalue weighted by Crippen LogP contribution is -2.17. The van der Waals surface area contributed by atoms with Crippen LogP contribution in [0.25, 0.3) is 0 Å². The number of rotatable bonds is 6. The summed E-state index contributed by atoms with van der Waals surface area (Å²) in [4.78, 5) is 20.8. The zero-order valence-electron chi connectivity index (χ0n) is 15.3. The van der Waals surface area contributed by atoms with Crippen LogP contribution >= 0.6 is 0 Å². The highest BCUT2D eigenvalue weighted by molar-refractivity contribution is 5.79. The van der Waals surface area contributed by atoms with Crippen molar-refractivity contribution in [1.82, 2.24) is 0 Å². The lowest BCUT2D eigenvalue weighted by molar-refractivity contribution is -0.138. The van der Waals surface area contributed by atoms with Crippen LogP contribution in [0.15, 0.2) is 30.3 Å². The molecule has 1 aromatic carbocycles. The van der Waals surface area contributed by atoms with E-state index in [1.54, 1.807) is 0 Å². The van der Waals surface area contributed by atoms with Crippen LogP contribution in [0, 0.1) is 0 Å². The molecule has 0 aromatic heterocycles. The summed E-state index contributed by atoms with van der Waals surface area (Å²) >= 11 is 0. The van der Waals surface area contributed by atoms with Crippen molar-refractivity contribution in [2.75, 3.05) is 0 Å². The van der Waals surface area contributed by atoms with Crippen molar-refractivity contribution >= 4 is 12.3 Å². The molecule has 0 saturated carbocycles. The minimum Gasteiger partial charge on any atom is -0.462 e. The normalized spacial score (nSPS) is 11.1. The first kappa shape index (κ1) is 23.6. The van der Waals surface area contributed by atoms with Gasteiger partial charge in [-0.05, 0) is 39.7 Å². The molecule has 1 unspecified atom stereocenters. The number of aryl methyl sites for hydroxylation is 1. The zero-order chi connectivity index (χ0) is 18.3. The second-order valence-corrected chi connectivity index (χ2v) is 5.84. The molecule has 0 heterocycles. The standard InChI is InChI=1S/C12H15FO.C5H10O2.C2H6/c1-10(13)9-12(14)8-7-11-5-3-2-4-6-11;1-5(2,3)7-4-6;1-2/h2-6,10H,7-9H2,1H3;4H,1-3H3;1-2H3. The van der Waals surface area contributed by atoms with E-state index >= 15 is 0 Å². The molecular formula is C19H31FO3. The van der Waals surface area contributed by atoms with E-state index in [0.29, 0.717) is 19.3 Å². The fraction of sp³-hybridized carbons (Fsp3) is 0.579. The molecule has 132 valence electrons. The lowest BCUT2D eigenvalue weighted by atomic mass is 10.1. The highest BCUT2D eigenvalue weighted by Crippen LogP contribution is 2.06. The van der Waals surface area contributed by atoms with Gasteiger partial charge in [0.15, 0.2) is 0 Å². The molecular weight excluding hydrogens is 295 g/mol. The second-order valence-electron chi connectivity index (χ2n) is 5.84. The Morgan fingerprint density at radius 1 is 1.22 bits per heavy atom. The molecule has 1 rings (SSSR count). The number of carbonyl (C=O) groups is 2. The SMILES string of the molecule is CC.CC(C)(C)OC=O.CC(F)CC(=O)CCc1ccccc1. The van der Waals surface area contributed by atoms with Gasteiger partial charge in [-0.3, -0.25) is 9.59 Å². The minimum absolute atomic E-state index is 0.00357. The summed E-state index contributed by atoms with van der Waals surface area (Å²) in [5.41, 5.74) is 0.814. The van der Waals surface area contributed by atoms with Gasteiger partial charge in [0.05, 0.1) is 0 Å². The number of hydrogen-bond donors (Lipinski definition) is 0. The molecule has 0 bridgehead atoms. The van der Waals surface area contributed by atoms with Gasteiger partial charge in [0.1, 0.15) is 17.6 Å². The first-order valence-corrected chi connectivity index (χ1v) is 8.05. The Hall–Kier alpha value is -1.71. The molecule has 0 aliphatic heterocycles. The molecule has 0 radical (unpaired) electrons. The molecule has 3 nitrogen and oxygen atoms in total. The number of halogens is 1. The van der Waals surface area contributed by atoms with Gasteiger partial charge in [-0.25, -0.2) is 4.39 Å². The van der Waals surface area contributed by atoms with E-state index < -0.39 is 6.17 Å². The van der Waals surface area contributed by atoms with E-state index in [9.17, 15) is 14.0 Å². The number of ketones is 1. The third-order valence-electron chi connectivity index (χ3n) is 2.45. The Morgan fingerprint density at radius 2 is 1.74 bits per heavy atom. The third-order valence-corrected chi connectivity index (χ3v) is 2.45. The molecule has 0 N–H and O–H groups in total. The van der Waals surface area contributed by atoms with E-state index in [1.807, 2.05) is 65.0 Å². The van der Waals surface area contributed by atoms with Gasteiger partial charge in [-0.15, -0.1) is 0 Å². The highest BCUT2D eigenvalue weighted by atomic mass is 19.1. The van der Waals surface area contributed by atoms with Gasteiger partial charge in [-0.2, -0.15) is 0 Å². The Labute approximate surface area is 140 Å². The van der Waals surface area contributed by atoms with E-state index in [1.165, 1.54) is 6.92 Å². The van der Waals surface area contributed by atoms with Crippen molar-refractivity contribution in [3.63, 3.8) is 0 Å². The number of ether oxygens (including phenoxy) is 1. The van der Waals surface area contributed by atoms with Gasteiger partial charge in [-0.1, -0.05) is 44.2 Å². The van der Waals surface area contributed by atoms with Crippen LogP contribution in [0.4, 0.5) is 4.39 Å². The quantitative estimate of drug-likeness (QED) is 0.697. The Morgan fingerprint density at radius 3 is 2.09 bits per heavy atom. The molecule has 23 heavy (non-hydrogen) atoms. The third kappa shape index (κ3) is 18.2. The summed E-state index contributed by atoms with van der Waals surface area (Å²) < 4.78 is 17.0. The fourth-order valence-electron chi connectivity index (χ4n) is 1.49. The van der Waals surface area contributed by atoms with Crippen molar-refractivity contribution in [2.45, 2.75) is 72.6 Å². The van der Waals surface area contributed by atoms with Crippen LogP contribution < -0.4 is 0 Å². The number of carbonyl (C=O) groups excluding carboxylic acids is 2. The van der Waals surface area contributed by atoms with Crippen LogP contribution in [0.2, 0.25) is 0 Å². The van der Waals surface area contributed by atoms with Crippen LogP contribution in [-0.4, -0.2) is 24.0 Å². The van der Waals surface area contributed by atoms with Crippen molar-refractivity contribution in [2.24, 2.45) is 0 Å². The number of hydrogen-bond acceptors (Lipinski definition) is 3. The summed E-state index contributed by atoms with van der Waals surface area (Å²) in [6.07, 6.45) is 0.190. The number of Topliss-reactive ketones (excluding diaryl/α,β-unsaturated/α-hetero) is 1. The number of benzene rings is 1. The largest absolute Gasteiger partial charge is 0.462 e. The molecule has 0 amide bonds. The van der Waals surface area contributed by atoms with Crippen LogP contribution in [-0.2, 0) is 20.7 Å². The van der Waals surface area contributed by atoms with Crippen molar-refractivity contribution in [3.8, 4) is 0 Å². The second kappa shape index (κ2) is 13.9. The molecule has 1 atom stereocenters. The summed E-state index contributed by atoms with van der Waals surface area (Å²) in [5.74, 6) is 0.00357. The van der Waals surface area contributed by atoms with Crippen molar-refractivity contribution < 1.29 is 18.7 Å². The number of alkyl halides is 1. The first-order chi connectivity index (χ1) is 10.7. The first-order valence-electron chi connectivity index (χ1n) is 8.05. The van der Waals surface area contributed by atoms with Crippen molar-refractivity contribution in [3.05, 3.63) is 35.9 Å². The zero-order valence-corrected chi connectivity index (χ0v) is 15.3. The van der Waals surface area contributed by atoms with E-state index in [-0.39, 0.29) is 17.8 Å². The van der Waals surface area contributed by atoms with Crippen LogP contribution in [0.3, 0.4) is 0 Å². The molecule has 4 heteroatoms. The smallest absolute Gasteiger partial charge is 0.293 e. The van der Waals surface area contributed by atoms with Gasteiger partial charge < -0.3 is 4.74 Å². The predicted octanol–water partition coefficient (Wildman–Crippen LogP) is 4.92. The lowest BCUT2D eigenvalue weighted by Gasteiger charge is -2.14. The van der Waals surface area contributed by atoms with Crippen LogP contribution in [0.1, 0.15) is 59.9 Å². The Kier molecular flexibility index (Phi) is 14.3. The highest BCUT2D eigenvalue weighted by Gasteiger charge is 2.08. The topological polar surface area (TPSA) is 43.4 Å². The van der Waals surface area contributed by atoms with Crippen LogP contribution in [0.5, 0.6) is 0 Å². The average Bonchev–Trinajstić information content (AvgIpc) is 2.47.